The van der Waals surface area contributed by atoms with Crippen molar-refractivity contribution in [2.45, 2.75) is 20.3 Å². The number of aliphatic hydroxyl groups excluding tert-OH is 2. The van der Waals surface area contributed by atoms with Gasteiger partial charge in [0, 0.05) is 5.57 Å². The van der Waals surface area contributed by atoms with Gasteiger partial charge in [-0.25, -0.2) is 4.79 Å². The molecular formula is C9H18O4. The highest BCUT2D eigenvalue weighted by Gasteiger charge is 1.99. The first-order valence-corrected chi connectivity index (χ1v) is 4.10. The second-order valence-electron chi connectivity index (χ2n) is 2.23. The standard InChI is InChI=1S/C7H12O2.C2H6O2/c1-4-5-6(2)7(8)9-3;3-1-2-4/h5H,4H2,1-3H3;3-4H,1-2H2. The van der Waals surface area contributed by atoms with Gasteiger partial charge in [-0.2, -0.15) is 0 Å². The molecule has 0 atom stereocenters. The summed E-state index contributed by atoms with van der Waals surface area (Å²) in [5.41, 5.74) is 0.681. The van der Waals surface area contributed by atoms with Gasteiger partial charge in [-0.1, -0.05) is 13.0 Å². The van der Waals surface area contributed by atoms with Crippen LogP contribution in [0.25, 0.3) is 0 Å². The molecule has 0 radical (unpaired) electrons. The molecule has 0 spiro atoms. The van der Waals surface area contributed by atoms with E-state index in [-0.39, 0.29) is 19.2 Å². The topological polar surface area (TPSA) is 66.8 Å². The first-order chi connectivity index (χ1) is 6.13. The predicted octanol–water partition coefficient (Wildman–Crippen LogP) is 0.487. The van der Waals surface area contributed by atoms with Crippen LogP contribution in [-0.4, -0.2) is 36.5 Å². The molecule has 0 aromatic heterocycles. The summed E-state index contributed by atoms with van der Waals surface area (Å²) < 4.78 is 4.46. The monoisotopic (exact) mass is 190 g/mol. The van der Waals surface area contributed by atoms with Gasteiger partial charge in [0.25, 0.3) is 0 Å². The zero-order valence-corrected chi connectivity index (χ0v) is 8.41. The Kier molecular flexibility index (Phi) is 12.5. The number of carbonyl (C=O) groups is 1. The van der Waals surface area contributed by atoms with Crippen molar-refractivity contribution in [2.75, 3.05) is 20.3 Å². The Morgan fingerprint density at radius 3 is 2.08 bits per heavy atom. The van der Waals surface area contributed by atoms with Crippen molar-refractivity contribution in [1.82, 2.24) is 0 Å². The Bertz CT molecular complexity index is 150. The number of allylic oxidation sites excluding steroid dienone is 1. The fourth-order valence-corrected chi connectivity index (χ4v) is 0.551. The van der Waals surface area contributed by atoms with Crippen molar-refractivity contribution < 1.29 is 19.7 Å². The first kappa shape index (κ1) is 14.6. The average molecular weight is 190 g/mol. The van der Waals surface area contributed by atoms with Crippen LogP contribution in [0.5, 0.6) is 0 Å². The molecule has 4 nitrogen and oxygen atoms in total. The van der Waals surface area contributed by atoms with Crippen LogP contribution in [0, 0.1) is 0 Å². The summed E-state index contributed by atoms with van der Waals surface area (Å²) >= 11 is 0. The molecule has 0 aliphatic rings. The van der Waals surface area contributed by atoms with Crippen LogP contribution >= 0.6 is 0 Å². The van der Waals surface area contributed by atoms with E-state index in [0.29, 0.717) is 5.57 Å². The maximum Gasteiger partial charge on any atom is 0.333 e. The lowest BCUT2D eigenvalue weighted by Gasteiger charge is -1.95. The van der Waals surface area contributed by atoms with Gasteiger partial charge < -0.3 is 14.9 Å². The largest absolute Gasteiger partial charge is 0.466 e. The van der Waals surface area contributed by atoms with E-state index in [1.54, 1.807) is 6.92 Å². The molecule has 13 heavy (non-hydrogen) atoms. The van der Waals surface area contributed by atoms with Gasteiger partial charge >= 0.3 is 5.97 Å². The third kappa shape index (κ3) is 11.1. The highest BCUT2D eigenvalue weighted by molar-refractivity contribution is 5.87. The molecule has 0 saturated heterocycles. The summed E-state index contributed by atoms with van der Waals surface area (Å²) in [6, 6.07) is 0. The second-order valence-corrected chi connectivity index (χ2v) is 2.23. The summed E-state index contributed by atoms with van der Waals surface area (Å²) in [5, 5.41) is 15.2. The summed E-state index contributed by atoms with van der Waals surface area (Å²) in [7, 11) is 1.38. The smallest absolute Gasteiger partial charge is 0.333 e. The van der Waals surface area contributed by atoms with E-state index < -0.39 is 0 Å². The van der Waals surface area contributed by atoms with E-state index in [1.165, 1.54) is 7.11 Å². The van der Waals surface area contributed by atoms with E-state index in [9.17, 15) is 4.79 Å². The molecule has 0 aromatic rings. The number of methoxy groups -OCH3 is 1. The fourth-order valence-electron chi connectivity index (χ4n) is 0.551. The van der Waals surface area contributed by atoms with Gasteiger partial charge in [0.15, 0.2) is 0 Å². The van der Waals surface area contributed by atoms with Crippen LogP contribution in [0.1, 0.15) is 20.3 Å². The summed E-state index contributed by atoms with van der Waals surface area (Å²) in [5.74, 6) is -0.239. The van der Waals surface area contributed by atoms with Crippen LogP contribution in [0.4, 0.5) is 0 Å². The number of carbonyl (C=O) groups excluding carboxylic acids is 1. The van der Waals surface area contributed by atoms with Gasteiger partial charge in [0.05, 0.1) is 20.3 Å². The van der Waals surface area contributed by atoms with E-state index in [2.05, 4.69) is 4.74 Å². The fraction of sp³-hybridized carbons (Fsp3) is 0.667. The minimum Gasteiger partial charge on any atom is -0.466 e. The molecule has 4 heteroatoms. The molecule has 0 heterocycles. The van der Waals surface area contributed by atoms with Crippen LogP contribution in [0.3, 0.4) is 0 Å². The Morgan fingerprint density at radius 2 is 1.85 bits per heavy atom. The first-order valence-electron chi connectivity index (χ1n) is 4.10. The molecular weight excluding hydrogens is 172 g/mol. The van der Waals surface area contributed by atoms with Crippen molar-refractivity contribution in [3.63, 3.8) is 0 Å². The van der Waals surface area contributed by atoms with Crippen LogP contribution < -0.4 is 0 Å². The van der Waals surface area contributed by atoms with Gasteiger partial charge in [0.2, 0.25) is 0 Å². The maximum atomic E-state index is 10.6. The van der Waals surface area contributed by atoms with E-state index in [1.807, 2.05) is 13.0 Å². The van der Waals surface area contributed by atoms with Gasteiger partial charge in [0.1, 0.15) is 0 Å². The summed E-state index contributed by atoms with van der Waals surface area (Å²) in [6.45, 7) is 3.47. The highest BCUT2D eigenvalue weighted by Crippen LogP contribution is 1.96. The zero-order chi connectivity index (χ0) is 10.7. The second kappa shape index (κ2) is 11.1. The third-order valence-corrected chi connectivity index (χ3v) is 1.12. The number of aliphatic hydroxyl groups is 2. The summed E-state index contributed by atoms with van der Waals surface area (Å²) in [4.78, 5) is 10.6. The Morgan fingerprint density at radius 1 is 1.38 bits per heavy atom. The van der Waals surface area contributed by atoms with E-state index >= 15 is 0 Å². The number of hydrogen-bond acceptors (Lipinski definition) is 4. The van der Waals surface area contributed by atoms with Crippen molar-refractivity contribution in [1.29, 1.82) is 0 Å². The van der Waals surface area contributed by atoms with Gasteiger partial charge in [-0.3, -0.25) is 0 Å². The lowest BCUT2D eigenvalue weighted by atomic mass is 10.2. The molecule has 0 bridgehead atoms. The minimum atomic E-state index is -0.239. The lowest BCUT2D eigenvalue weighted by Crippen LogP contribution is -2.00. The Labute approximate surface area is 78.8 Å². The number of esters is 1. The molecule has 0 rings (SSSR count). The van der Waals surface area contributed by atoms with Crippen LogP contribution in [0.15, 0.2) is 11.6 Å². The molecule has 0 unspecified atom stereocenters. The van der Waals surface area contributed by atoms with Crippen molar-refractivity contribution in [2.24, 2.45) is 0 Å². The molecule has 0 amide bonds. The predicted molar refractivity (Wildman–Crippen MR) is 50.2 cm³/mol. The minimum absolute atomic E-state index is 0.125. The van der Waals surface area contributed by atoms with Crippen LogP contribution in [-0.2, 0) is 9.53 Å². The molecule has 0 aromatic carbocycles. The Hall–Kier alpha value is -0.870. The van der Waals surface area contributed by atoms with Gasteiger partial charge in [-0.05, 0) is 13.3 Å². The molecule has 0 aliphatic carbocycles. The Balaban J connectivity index is 0. The number of rotatable bonds is 3. The molecule has 0 aliphatic heterocycles. The number of ether oxygens (including phenoxy) is 1. The van der Waals surface area contributed by atoms with Crippen molar-refractivity contribution in [3.05, 3.63) is 11.6 Å². The van der Waals surface area contributed by atoms with Crippen molar-refractivity contribution in [3.8, 4) is 0 Å². The quantitative estimate of drug-likeness (QED) is 0.502. The zero-order valence-electron chi connectivity index (χ0n) is 8.41. The van der Waals surface area contributed by atoms with Crippen LogP contribution in [0.2, 0.25) is 0 Å². The molecule has 2 N–H and O–H groups in total. The molecule has 0 fully saturated rings. The van der Waals surface area contributed by atoms with Gasteiger partial charge in [-0.15, -0.1) is 0 Å². The molecule has 0 saturated carbocycles. The van der Waals surface area contributed by atoms with E-state index in [4.69, 9.17) is 10.2 Å². The maximum absolute atomic E-state index is 10.6. The number of hydrogen-bond donors (Lipinski definition) is 2. The normalized spacial score (nSPS) is 10.1. The third-order valence-electron chi connectivity index (χ3n) is 1.12. The average Bonchev–Trinajstić information content (AvgIpc) is 2.17. The molecule has 78 valence electrons. The highest BCUT2D eigenvalue weighted by atomic mass is 16.5. The summed E-state index contributed by atoms with van der Waals surface area (Å²) in [6.07, 6.45) is 2.72. The lowest BCUT2D eigenvalue weighted by molar-refractivity contribution is -0.136. The van der Waals surface area contributed by atoms with E-state index in [0.717, 1.165) is 6.42 Å². The SMILES string of the molecule is CCC=C(C)C(=O)OC.OCCO. The van der Waals surface area contributed by atoms with Crippen molar-refractivity contribution >= 4 is 5.97 Å².